The van der Waals surface area contributed by atoms with Crippen molar-refractivity contribution < 1.29 is 28.9 Å². The highest BCUT2D eigenvalue weighted by atomic mass is 32.2. The topological polar surface area (TPSA) is 106 Å². The summed E-state index contributed by atoms with van der Waals surface area (Å²) in [7, 11) is 1.30. The minimum atomic E-state index is -0.854. The van der Waals surface area contributed by atoms with E-state index in [1.807, 2.05) is 91.0 Å². The van der Waals surface area contributed by atoms with Gasteiger partial charge < -0.3 is 30.0 Å². The second kappa shape index (κ2) is 15.7. The Balaban J connectivity index is 1.32. The average molecular weight is 627 g/mol. The van der Waals surface area contributed by atoms with Crippen molar-refractivity contribution in [2.45, 2.75) is 49.4 Å². The van der Waals surface area contributed by atoms with Crippen LogP contribution in [0, 0.1) is 5.92 Å². The lowest BCUT2D eigenvalue weighted by atomic mass is 9.91. The molecule has 5 rings (SSSR count). The number of benzene rings is 4. The Labute approximate surface area is 268 Å². The van der Waals surface area contributed by atoms with E-state index >= 15 is 0 Å². The van der Waals surface area contributed by atoms with E-state index in [1.54, 1.807) is 17.8 Å². The van der Waals surface area contributed by atoms with Crippen molar-refractivity contribution in [3.8, 4) is 0 Å². The van der Waals surface area contributed by atoms with E-state index in [4.69, 9.17) is 14.2 Å². The number of esters is 1. The molecular weight excluding hydrogens is 588 g/mol. The fourth-order valence-corrected chi connectivity index (χ4v) is 6.37. The highest BCUT2D eigenvalue weighted by molar-refractivity contribution is 7.99. The lowest BCUT2D eigenvalue weighted by Gasteiger charge is -2.41. The molecule has 9 heteroatoms. The van der Waals surface area contributed by atoms with Crippen LogP contribution in [-0.4, -0.2) is 42.1 Å². The second-order valence-electron chi connectivity index (χ2n) is 10.9. The zero-order valence-corrected chi connectivity index (χ0v) is 26.1. The fraction of sp³-hybridized carbons (Fsp3) is 0.278. The Kier molecular flexibility index (Phi) is 11.3. The molecule has 4 aromatic carbocycles. The molecule has 1 aliphatic rings. The van der Waals surface area contributed by atoms with Gasteiger partial charge in [-0.3, -0.25) is 0 Å². The molecule has 1 aliphatic heterocycles. The molecule has 45 heavy (non-hydrogen) atoms. The SMILES string of the molecule is COC(=O)[C@H](Cc1ccccc1)NC(=O)Nc1cccc([C@@H]2O[C@H](CSc3ccccc3)[C@H](C)[C@H](c3ccc(CO)cc3)O2)c1. The third kappa shape index (κ3) is 8.73. The number of anilines is 1. The van der Waals surface area contributed by atoms with E-state index < -0.39 is 24.3 Å². The summed E-state index contributed by atoms with van der Waals surface area (Å²) in [6, 6.07) is 33.4. The molecule has 1 heterocycles. The lowest BCUT2D eigenvalue weighted by Crippen LogP contribution is -2.45. The van der Waals surface area contributed by atoms with Crippen LogP contribution in [0.2, 0.25) is 0 Å². The first kappa shape index (κ1) is 32.2. The Morgan fingerprint density at radius 1 is 0.867 bits per heavy atom. The number of carbonyl (C=O) groups is 2. The number of methoxy groups -OCH3 is 1. The normalized spacial score (nSPS) is 20.2. The first-order valence-corrected chi connectivity index (χ1v) is 15.9. The highest BCUT2D eigenvalue weighted by Crippen LogP contribution is 2.43. The van der Waals surface area contributed by atoms with E-state index in [-0.39, 0.29) is 24.7 Å². The maximum atomic E-state index is 13.0. The van der Waals surface area contributed by atoms with Gasteiger partial charge in [-0.15, -0.1) is 11.8 Å². The smallest absolute Gasteiger partial charge is 0.328 e. The number of thioether (sulfide) groups is 1. The van der Waals surface area contributed by atoms with Crippen molar-refractivity contribution in [1.29, 1.82) is 0 Å². The number of aliphatic hydroxyl groups is 1. The third-order valence-electron chi connectivity index (χ3n) is 7.77. The van der Waals surface area contributed by atoms with Crippen LogP contribution in [-0.2, 0) is 32.0 Å². The molecular formula is C36H38N2O6S. The van der Waals surface area contributed by atoms with Gasteiger partial charge in [-0.2, -0.15) is 0 Å². The molecule has 234 valence electrons. The predicted molar refractivity (Wildman–Crippen MR) is 175 cm³/mol. The molecule has 0 aliphatic carbocycles. The van der Waals surface area contributed by atoms with Gasteiger partial charge in [-0.1, -0.05) is 91.9 Å². The zero-order chi connectivity index (χ0) is 31.6. The van der Waals surface area contributed by atoms with E-state index in [2.05, 4.69) is 29.7 Å². The fourth-order valence-electron chi connectivity index (χ4n) is 5.28. The van der Waals surface area contributed by atoms with Crippen LogP contribution >= 0.6 is 11.8 Å². The number of aliphatic hydroxyl groups excluding tert-OH is 1. The molecule has 1 fully saturated rings. The molecule has 4 aromatic rings. The Morgan fingerprint density at radius 2 is 1.58 bits per heavy atom. The minimum Gasteiger partial charge on any atom is -0.467 e. The molecule has 0 aromatic heterocycles. The third-order valence-corrected chi connectivity index (χ3v) is 8.87. The van der Waals surface area contributed by atoms with E-state index in [9.17, 15) is 14.7 Å². The number of nitrogens with one attached hydrogen (secondary N) is 2. The summed E-state index contributed by atoms with van der Waals surface area (Å²) in [5.74, 6) is 0.246. The number of hydrogen-bond acceptors (Lipinski definition) is 7. The van der Waals surface area contributed by atoms with Crippen LogP contribution in [0.3, 0.4) is 0 Å². The van der Waals surface area contributed by atoms with Crippen molar-refractivity contribution >= 4 is 29.4 Å². The van der Waals surface area contributed by atoms with Gasteiger partial charge in [0.15, 0.2) is 6.29 Å². The molecule has 0 radical (unpaired) electrons. The average Bonchev–Trinajstić information content (AvgIpc) is 3.08. The van der Waals surface area contributed by atoms with Crippen molar-refractivity contribution in [1.82, 2.24) is 5.32 Å². The van der Waals surface area contributed by atoms with Crippen molar-refractivity contribution in [3.63, 3.8) is 0 Å². The summed E-state index contributed by atoms with van der Waals surface area (Å²) in [6.07, 6.45) is -0.769. The molecule has 0 unspecified atom stereocenters. The first-order chi connectivity index (χ1) is 21.9. The molecule has 3 N–H and O–H groups in total. The standard InChI is InChI=1S/C36H38N2O6S/c1-24-32(23-45-30-14-7-4-8-15-30)43-35(44-33(24)27-18-16-26(22-39)17-19-27)28-12-9-13-29(21-28)37-36(41)38-31(34(40)42-2)20-25-10-5-3-6-11-25/h3-19,21,24,31-33,35,39H,20,22-23H2,1-2H3,(H2,37,38,41)/t24-,31-,32+,33+,35+/m0/s1. The molecule has 8 nitrogen and oxygen atoms in total. The number of carbonyl (C=O) groups excluding carboxylic acids is 2. The summed E-state index contributed by atoms with van der Waals surface area (Å²) in [4.78, 5) is 26.6. The maximum Gasteiger partial charge on any atom is 0.328 e. The minimum absolute atomic E-state index is 0.0244. The van der Waals surface area contributed by atoms with Gasteiger partial charge in [0.1, 0.15) is 6.04 Å². The van der Waals surface area contributed by atoms with Crippen molar-refractivity contribution in [2.24, 2.45) is 5.92 Å². The maximum absolute atomic E-state index is 13.0. The second-order valence-corrected chi connectivity index (χ2v) is 12.0. The van der Waals surface area contributed by atoms with Crippen LogP contribution in [0.15, 0.2) is 114 Å². The van der Waals surface area contributed by atoms with E-state index in [0.717, 1.165) is 32.9 Å². The summed E-state index contributed by atoms with van der Waals surface area (Å²) in [5, 5.41) is 15.1. The van der Waals surface area contributed by atoms with Gasteiger partial charge in [-0.05, 0) is 41.0 Å². The van der Waals surface area contributed by atoms with Crippen LogP contribution in [0.25, 0.3) is 0 Å². The van der Waals surface area contributed by atoms with Gasteiger partial charge in [0, 0.05) is 34.2 Å². The molecule has 1 saturated heterocycles. The number of urea groups is 1. The van der Waals surface area contributed by atoms with Crippen LogP contribution < -0.4 is 10.6 Å². The summed E-state index contributed by atoms with van der Waals surface area (Å²) in [5.41, 5.74) is 4.01. The molecule has 0 bridgehead atoms. The van der Waals surface area contributed by atoms with Crippen LogP contribution in [0.4, 0.5) is 10.5 Å². The molecule has 2 amide bonds. The Bertz CT molecular complexity index is 1540. The number of ether oxygens (including phenoxy) is 3. The lowest BCUT2D eigenvalue weighted by molar-refractivity contribution is -0.268. The van der Waals surface area contributed by atoms with Crippen molar-refractivity contribution in [2.75, 3.05) is 18.2 Å². The summed E-state index contributed by atoms with van der Waals surface area (Å²) < 4.78 is 18.1. The zero-order valence-electron chi connectivity index (χ0n) is 25.3. The summed E-state index contributed by atoms with van der Waals surface area (Å²) >= 11 is 1.74. The van der Waals surface area contributed by atoms with E-state index in [0.29, 0.717) is 12.1 Å². The van der Waals surface area contributed by atoms with Crippen LogP contribution in [0.1, 0.15) is 41.6 Å². The quantitative estimate of drug-likeness (QED) is 0.126. The van der Waals surface area contributed by atoms with Gasteiger partial charge >= 0.3 is 12.0 Å². The van der Waals surface area contributed by atoms with E-state index in [1.165, 1.54) is 7.11 Å². The molecule has 0 spiro atoms. The largest absolute Gasteiger partial charge is 0.467 e. The van der Waals surface area contributed by atoms with Crippen LogP contribution in [0.5, 0.6) is 0 Å². The monoisotopic (exact) mass is 626 g/mol. The summed E-state index contributed by atoms with van der Waals surface area (Å²) in [6.45, 7) is 2.11. The Hall–Kier alpha value is -4.15. The van der Waals surface area contributed by atoms with Gasteiger partial charge in [-0.25, -0.2) is 9.59 Å². The predicted octanol–water partition coefficient (Wildman–Crippen LogP) is 6.67. The number of rotatable bonds is 11. The number of amides is 2. The molecule has 0 saturated carbocycles. The van der Waals surface area contributed by atoms with Gasteiger partial charge in [0.05, 0.1) is 25.9 Å². The Morgan fingerprint density at radius 3 is 2.27 bits per heavy atom. The van der Waals surface area contributed by atoms with Gasteiger partial charge in [0.25, 0.3) is 0 Å². The number of hydrogen-bond donors (Lipinski definition) is 3. The first-order valence-electron chi connectivity index (χ1n) is 14.9. The molecule has 5 atom stereocenters. The van der Waals surface area contributed by atoms with Gasteiger partial charge in [0.2, 0.25) is 0 Å². The highest BCUT2D eigenvalue weighted by Gasteiger charge is 2.38. The van der Waals surface area contributed by atoms with Crippen molar-refractivity contribution in [3.05, 3.63) is 131 Å².